The average molecular weight is 555 g/mol. The lowest BCUT2D eigenvalue weighted by Crippen LogP contribution is -2.59. The number of rotatable bonds is 8. The van der Waals surface area contributed by atoms with Crippen LogP contribution in [-0.2, 0) is 11.2 Å². The van der Waals surface area contributed by atoms with Gasteiger partial charge in [-0.15, -0.1) is 0 Å². The summed E-state index contributed by atoms with van der Waals surface area (Å²) in [4.78, 5) is 0. The number of phenols is 1. The van der Waals surface area contributed by atoms with Crippen molar-refractivity contribution in [1.82, 2.24) is 0 Å². The van der Waals surface area contributed by atoms with Gasteiger partial charge in [0.1, 0.15) is 18.3 Å². The molecule has 0 bridgehead atoms. The van der Waals surface area contributed by atoms with Crippen molar-refractivity contribution >= 4 is 0 Å². The Morgan fingerprint density at radius 1 is 0.769 bits per heavy atom. The van der Waals surface area contributed by atoms with Crippen molar-refractivity contribution in [2.45, 2.75) is 49.3 Å². The maximum absolute atomic E-state index is 11.4. The zero-order valence-corrected chi connectivity index (χ0v) is 21.8. The molecule has 13 heteroatoms. The van der Waals surface area contributed by atoms with Gasteiger partial charge in [-0.05, 0) is 35.7 Å². The monoisotopic (exact) mass is 554 g/mol. The number of aliphatic hydroxyl groups is 6. The van der Waals surface area contributed by atoms with Crippen molar-refractivity contribution in [1.29, 1.82) is 0 Å². The van der Waals surface area contributed by atoms with Crippen LogP contribution in [0.15, 0.2) is 18.2 Å². The molecular weight excluding hydrogens is 520 g/mol. The van der Waals surface area contributed by atoms with Gasteiger partial charge in [-0.25, -0.2) is 0 Å². The molecule has 2 aromatic rings. The molecule has 2 aromatic carbocycles. The van der Waals surface area contributed by atoms with Gasteiger partial charge in [0.2, 0.25) is 17.8 Å². The molecule has 8 unspecified atom stereocenters. The Labute approximate surface area is 224 Å². The second-order valence-corrected chi connectivity index (χ2v) is 9.39. The van der Waals surface area contributed by atoms with Crippen LogP contribution < -0.4 is 23.7 Å². The molecule has 39 heavy (non-hydrogen) atoms. The molecule has 216 valence electrons. The second-order valence-electron chi connectivity index (χ2n) is 9.39. The summed E-state index contributed by atoms with van der Waals surface area (Å²) in [6.45, 7) is -0.327. The predicted molar refractivity (Wildman–Crippen MR) is 132 cm³/mol. The zero-order valence-electron chi connectivity index (χ0n) is 21.8. The first-order chi connectivity index (χ1) is 18.6. The lowest BCUT2D eigenvalue weighted by Gasteiger charge is -2.40. The van der Waals surface area contributed by atoms with E-state index in [9.17, 15) is 35.7 Å². The highest BCUT2D eigenvalue weighted by atomic mass is 16.8. The summed E-state index contributed by atoms with van der Waals surface area (Å²) in [5.74, 6) is -1.33. The first kappa shape index (κ1) is 29.0. The number of benzene rings is 2. The van der Waals surface area contributed by atoms with Crippen LogP contribution in [0.3, 0.4) is 0 Å². The van der Waals surface area contributed by atoms with E-state index in [1.807, 2.05) is 0 Å². The van der Waals surface area contributed by atoms with E-state index < -0.39 is 48.8 Å². The van der Waals surface area contributed by atoms with Gasteiger partial charge in [0, 0.05) is 24.0 Å². The Kier molecular flexibility index (Phi) is 8.61. The summed E-state index contributed by atoms with van der Waals surface area (Å²) in [6, 6.07) is 4.68. The summed E-state index contributed by atoms with van der Waals surface area (Å²) in [6.07, 6.45) is -9.65. The standard InChI is InChI=1S/C26H34O13/c1-34-13-6-11(7-14(35-2)19(13)29)16-17-10(5-12(9-27)18(16)28)8-15(36-3)23(24(17)37-4)38-26-22(32)20(30)21(31)25(33)39-26/h6-8,12,16,18,20-22,25-33H,5,9H2,1-4H3. The Morgan fingerprint density at radius 3 is 1.92 bits per heavy atom. The van der Waals surface area contributed by atoms with Gasteiger partial charge in [-0.1, -0.05) is 0 Å². The lowest BCUT2D eigenvalue weighted by atomic mass is 9.71. The molecule has 13 nitrogen and oxygen atoms in total. The van der Waals surface area contributed by atoms with Crippen LogP contribution in [0.1, 0.15) is 22.6 Å². The fourth-order valence-electron chi connectivity index (χ4n) is 5.18. The number of aromatic hydroxyl groups is 1. The molecule has 1 fully saturated rings. The van der Waals surface area contributed by atoms with Crippen molar-refractivity contribution in [3.8, 4) is 34.5 Å². The van der Waals surface area contributed by atoms with E-state index in [1.165, 1.54) is 40.6 Å². The van der Waals surface area contributed by atoms with Crippen LogP contribution in [0.5, 0.6) is 34.5 Å². The average Bonchev–Trinajstić information content (AvgIpc) is 2.94. The summed E-state index contributed by atoms with van der Waals surface area (Å²) in [5.41, 5.74) is 1.56. The predicted octanol–water partition coefficient (Wildman–Crippen LogP) is -0.780. The molecule has 8 atom stereocenters. The molecule has 4 rings (SSSR count). The SMILES string of the molecule is COc1cc(C2c3c(cc(OC)c(OC4OC(O)C(O)C(O)C4O)c3OC)CC(CO)C2O)cc(OC)c1O. The van der Waals surface area contributed by atoms with Crippen molar-refractivity contribution < 1.29 is 64.2 Å². The van der Waals surface area contributed by atoms with E-state index in [2.05, 4.69) is 0 Å². The number of fused-ring (bicyclic) bond motifs is 1. The third kappa shape index (κ3) is 5.02. The van der Waals surface area contributed by atoms with Crippen molar-refractivity contribution in [3.05, 3.63) is 34.9 Å². The van der Waals surface area contributed by atoms with Crippen LogP contribution in [-0.4, -0.2) is 108 Å². The van der Waals surface area contributed by atoms with Gasteiger partial charge < -0.3 is 64.2 Å². The van der Waals surface area contributed by atoms with Gasteiger partial charge in [0.05, 0.1) is 34.5 Å². The Morgan fingerprint density at radius 2 is 1.38 bits per heavy atom. The number of hydrogen-bond donors (Lipinski definition) is 7. The minimum Gasteiger partial charge on any atom is -0.502 e. The molecule has 0 saturated carbocycles. The fraction of sp³-hybridized carbons (Fsp3) is 0.538. The summed E-state index contributed by atoms with van der Waals surface area (Å²) >= 11 is 0. The van der Waals surface area contributed by atoms with E-state index >= 15 is 0 Å². The first-order valence-electron chi connectivity index (χ1n) is 12.2. The molecule has 0 spiro atoms. The van der Waals surface area contributed by atoms with Gasteiger partial charge in [-0.3, -0.25) is 0 Å². The molecule has 0 aromatic heterocycles. The minimum atomic E-state index is -1.85. The molecule has 1 aliphatic heterocycles. The summed E-state index contributed by atoms with van der Waals surface area (Å²) in [5, 5.41) is 72.3. The maximum atomic E-state index is 11.4. The minimum absolute atomic E-state index is 0.0732. The molecular formula is C26H34O13. The number of ether oxygens (including phenoxy) is 6. The molecule has 1 aliphatic carbocycles. The number of hydrogen-bond acceptors (Lipinski definition) is 13. The number of phenolic OH excluding ortho intramolecular Hbond substituents is 1. The topological polar surface area (TPSA) is 197 Å². The van der Waals surface area contributed by atoms with Crippen LogP contribution in [0.2, 0.25) is 0 Å². The van der Waals surface area contributed by atoms with Crippen LogP contribution in [0.4, 0.5) is 0 Å². The van der Waals surface area contributed by atoms with E-state index in [-0.39, 0.29) is 47.5 Å². The first-order valence-corrected chi connectivity index (χ1v) is 12.2. The molecule has 1 heterocycles. The molecule has 0 amide bonds. The maximum Gasteiger partial charge on any atom is 0.231 e. The van der Waals surface area contributed by atoms with Gasteiger partial charge >= 0.3 is 0 Å². The third-order valence-electron chi connectivity index (χ3n) is 7.24. The molecule has 1 saturated heterocycles. The third-order valence-corrected chi connectivity index (χ3v) is 7.24. The molecule has 0 radical (unpaired) electrons. The van der Waals surface area contributed by atoms with Gasteiger partial charge in [0.25, 0.3) is 0 Å². The Hall–Kier alpha value is -3.04. The van der Waals surface area contributed by atoms with Gasteiger partial charge in [0.15, 0.2) is 29.3 Å². The zero-order chi connectivity index (χ0) is 28.6. The van der Waals surface area contributed by atoms with E-state index in [0.29, 0.717) is 16.7 Å². The van der Waals surface area contributed by atoms with Crippen LogP contribution >= 0.6 is 0 Å². The Balaban J connectivity index is 1.91. The van der Waals surface area contributed by atoms with Crippen LogP contribution in [0, 0.1) is 5.92 Å². The van der Waals surface area contributed by atoms with E-state index in [1.54, 1.807) is 6.07 Å². The van der Waals surface area contributed by atoms with E-state index in [4.69, 9.17) is 28.4 Å². The van der Waals surface area contributed by atoms with Crippen molar-refractivity contribution in [2.75, 3.05) is 35.0 Å². The van der Waals surface area contributed by atoms with E-state index in [0.717, 1.165) is 0 Å². The summed E-state index contributed by atoms with van der Waals surface area (Å²) in [7, 11) is 5.46. The van der Waals surface area contributed by atoms with Crippen molar-refractivity contribution in [3.63, 3.8) is 0 Å². The summed E-state index contributed by atoms with van der Waals surface area (Å²) < 4.78 is 32.9. The molecule has 2 aliphatic rings. The lowest BCUT2D eigenvalue weighted by molar-refractivity contribution is -0.321. The highest BCUT2D eigenvalue weighted by Gasteiger charge is 2.46. The normalized spacial score (nSPS) is 30.3. The largest absolute Gasteiger partial charge is 0.502 e. The van der Waals surface area contributed by atoms with Gasteiger partial charge in [-0.2, -0.15) is 0 Å². The van der Waals surface area contributed by atoms with Crippen LogP contribution in [0.25, 0.3) is 0 Å². The number of aliphatic hydroxyl groups excluding tert-OH is 6. The number of methoxy groups -OCH3 is 4. The quantitative estimate of drug-likeness (QED) is 0.215. The highest BCUT2D eigenvalue weighted by molar-refractivity contribution is 5.64. The second kappa shape index (κ2) is 11.6. The van der Waals surface area contributed by atoms with Crippen molar-refractivity contribution in [2.24, 2.45) is 5.92 Å². The Bertz CT molecular complexity index is 1150. The smallest absolute Gasteiger partial charge is 0.231 e. The highest BCUT2D eigenvalue weighted by Crippen LogP contribution is 2.53. The molecule has 7 N–H and O–H groups in total. The fourth-order valence-corrected chi connectivity index (χ4v) is 5.18.